The molecule has 0 spiro atoms. The van der Waals surface area contributed by atoms with Gasteiger partial charge < -0.3 is 19.7 Å². The van der Waals surface area contributed by atoms with Crippen LogP contribution in [0.3, 0.4) is 0 Å². The van der Waals surface area contributed by atoms with Crippen LogP contribution in [0.15, 0.2) is 28.4 Å². The van der Waals surface area contributed by atoms with Crippen molar-refractivity contribution in [2.24, 2.45) is 0 Å². The Morgan fingerprint density at radius 3 is 2.82 bits per heavy atom. The van der Waals surface area contributed by atoms with Gasteiger partial charge in [0.05, 0.1) is 6.61 Å². The van der Waals surface area contributed by atoms with Crippen molar-refractivity contribution < 1.29 is 19.7 Å². The standard InChI is InChI=1S/C14H20N2O6/c1-4-5-14(20)9(7-17)22-12(10(14)21-3)16-6-8(2)11(18)15-13(16)19/h4,6,9-10,12,17,20H,1,5,7H2,2-3H3,(H,15,18,19)/t9-,10+,12-,14-/m1/s1. The fraction of sp³-hybridized carbons (Fsp3) is 0.571. The average molecular weight is 312 g/mol. The van der Waals surface area contributed by atoms with Crippen molar-refractivity contribution in [3.63, 3.8) is 0 Å². The molecular weight excluding hydrogens is 292 g/mol. The molecule has 22 heavy (non-hydrogen) atoms. The molecule has 1 aliphatic heterocycles. The Bertz CT molecular complexity index is 666. The Hall–Kier alpha value is -1.74. The molecule has 122 valence electrons. The molecule has 0 aliphatic carbocycles. The molecule has 3 N–H and O–H groups in total. The van der Waals surface area contributed by atoms with Crippen molar-refractivity contribution in [2.45, 2.75) is 37.4 Å². The summed E-state index contributed by atoms with van der Waals surface area (Å²) in [5.41, 5.74) is -2.38. The van der Waals surface area contributed by atoms with Crippen molar-refractivity contribution in [3.05, 3.63) is 45.3 Å². The second-order valence-corrected chi connectivity index (χ2v) is 5.32. The van der Waals surface area contributed by atoms with Crippen LogP contribution in [0.2, 0.25) is 0 Å². The lowest BCUT2D eigenvalue weighted by atomic mass is 9.88. The Morgan fingerprint density at radius 2 is 2.27 bits per heavy atom. The maximum Gasteiger partial charge on any atom is 0.330 e. The molecule has 8 nitrogen and oxygen atoms in total. The van der Waals surface area contributed by atoms with E-state index in [-0.39, 0.29) is 6.42 Å². The summed E-state index contributed by atoms with van der Waals surface area (Å²) in [6.45, 7) is 4.68. The van der Waals surface area contributed by atoms with E-state index in [0.717, 1.165) is 4.57 Å². The summed E-state index contributed by atoms with van der Waals surface area (Å²) in [4.78, 5) is 25.6. The van der Waals surface area contributed by atoms with Gasteiger partial charge in [0, 0.05) is 18.9 Å². The predicted octanol–water partition coefficient (Wildman–Crippen LogP) is -0.943. The normalized spacial score (nSPS) is 31.4. The van der Waals surface area contributed by atoms with Gasteiger partial charge in [-0.2, -0.15) is 0 Å². The summed E-state index contributed by atoms with van der Waals surface area (Å²) in [7, 11) is 1.37. The largest absolute Gasteiger partial charge is 0.394 e. The van der Waals surface area contributed by atoms with E-state index < -0.39 is 41.9 Å². The highest BCUT2D eigenvalue weighted by atomic mass is 16.6. The molecule has 0 amide bonds. The fourth-order valence-corrected chi connectivity index (χ4v) is 2.77. The van der Waals surface area contributed by atoms with E-state index in [4.69, 9.17) is 9.47 Å². The molecule has 0 saturated carbocycles. The van der Waals surface area contributed by atoms with Gasteiger partial charge in [0.2, 0.25) is 0 Å². The van der Waals surface area contributed by atoms with E-state index in [1.807, 2.05) is 0 Å². The molecule has 8 heteroatoms. The van der Waals surface area contributed by atoms with Crippen LogP contribution in [0.5, 0.6) is 0 Å². The van der Waals surface area contributed by atoms with Crippen LogP contribution in [0, 0.1) is 6.92 Å². The zero-order chi connectivity index (χ0) is 16.5. The zero-order valence-corrected chi connectivity index (χ0v) is 12.5. The SMILES string of the molecule is C=CC[C@@]1(O)[C@@H](CO)O[C@@H](n2cc(C)c(=O)[nH]c2=O)[C@@H]1OC. The van der Waals surface area contributed by atoms with Gasteiger partial charge >= 0.3 is 5.69 Å². The molecule has 2 heterocycles. The zero-order valence-electron chi connectivity index (χ0n) is 12.5. The summed E-state index contributed by atoms with van der Waals surface area (Å²) < 4.78 is 12.1. The number of nitrogens with zero attached hydrogens (tertiary/aromatic N) is 1. The van der Waals surface area contributed by atoms with Crippen LogP contribution in [-0.2, 0) is 9.47 Å². The van der Waals surface area contributed by atoms with Gasteiger partial charge in [0.25, 0.3) is 5.56 Å². The topological polar surface area (TPSA) is 114 Å². The van der Waals surface area contributed by atoms with Crippen LogP contribution in [-0.4, -0.2) is 51.3 Å². The number of methoxy groups -OCH3 is 1. The summed E-state index contributed by atoms with van der Waals surface area (Å²) in [5.74, 6) is 0. The minimum atomic E-state index is -1.53. The number of ether oxygens (including phenoxy) is 2. The smallest absolute Gasteiger partial charge is 0.330 e. The first-order chi connectivity index (χ1) is 10.4. The molecule has 2 rings (SSSR count). The van der Waals surface area contributed by atoms with Gasteiger partial charge in [-0.05, 0) is 13.3 Å². The maximum atomic E-state index is 12.0. The number of hydrogen-bond acceptors (Lipinski definition) is 6. The van der Waals surface area contributed by atoms with E-state index >= 15 is 0 Å². The maximum absolute atomic E-state index is 12.0. The number of H-pyrrole nitrogens is 1. The molecule has 1 aromatic heterocycles. The summed E-state index contributed by atoms with van der Waals surface area (Å²) in [6, 6.07) is 0. The van der Waals surface area contributed by atoms with Crippen LogP contribution >= 0.6 is 0 Å². The molecule has 0 radical (unpaired) electrons. The second kappa shape index (κ2) is 6.17. The van der Waals surface area contributed by atoms with Gasteiger partial charge in [-0.3, -0.25) is 14.3 Å². The highest BCUT2D eigenvalue weighted by molar-refractivity contribution is 5.08. The fourth-order valence-electron chi connectivity index (χ4n) is 2.77. The van der Waals surface area contributed by atoms with Crippen LogP contribution in [0.1, 0.15) is 18.2 Å². The van der Waals surface area contributed by atoms with E-state index in [9.17, 15) is 19.8 Å². The number of aryl methyl sites for hydroxylation is 1. The number of aliphatic hydroxyl groups excluding tert-OH is 1. The highest BCUT2D eigenvalue weighted by Crippen LogP contribution is 2.40. The molecule has 0 unspecified atom stereocenters. The number of rotatable bonds is 5. The van der Waals surface area contributed by atoms with Crippen LogP contribution in [0.25, 0.3) is 0 Å². The summed E-state index contributed by atoms with van der Waals surface area (Å²) in [5, 5.41) is 20.2. The Morgan fingerprint density at radius 1 is 1.59 bits per heavy atom. The highest BCUT2D eigenvalue weighted by Gasteiger charge is 2.56. The van der Waals surface area contributed by atoms with Crippen molar-refractivity contribution in [2.75, 3.05) is 13.7 Å². The third-order valence-electron chi connectivity index (χ3n) is 3.92. The molecular formula is C14H20N2O6. The third kappa shape index (κ3) is 2.54. The van der Waals surface area contributed by atoms with E-state index in [1.165, 1.54) is 19.4 Å². The first-order valence-corrected chi connectivity index (χ1v) is 6.83. The van der Waals surface area contributed by atoms with Gasteiger partial charge in [-0.1, -0.05) is 6.08 Å². The Kier molecular flexibility index (Phi) is 4.66. The van der Waals surface area contributed by atoms with Gasteiger partial charge in [0.1, 0.15) is 17.8 Å². The first kappa shape index (κ1) is 16.6. The number of aromatic amines is 1. The minimum Gasteiger partial charge on any atom is -0.394 e. The Balaban J connectivity index is 2.52. The molecule has 1 aliphatic rings. The molecule has 4 atom stereocenters. The minimum absolute atomic E-state index is 0.115. The van der Waals surface area contributed by atoms with E-state index in [2.05, 4.69) is 11.6 Å². The van der Waals surface area contributed by atoms with Crippen molar-refractivity contribution in [1.29, 1.82) is 0 Å². The third-order valence-corrected chi connectivity index (χ3v) is 3.92. The number of nitrogens with one attached hydrogen (secondary N) is 1. The first-order valence-electron chi connectivity index (χ1n) is 6.83. The van der Waals surface area contributed by atoms with Crippen molar-refractivity contribution in [3.8, 4) is 0 Å². The van der Waals surface area contributed by atoms with Crippen LogP contribution in [0.4, 0.5) is 0 Å². The summed E-state index contributed by atoms with van der Waals surface area (Å²) in [6.07, 6.45) is 0.109. The van der Waals surface area contributed by atoms with Crippen molar-refractivity contribution >= 4 is 0 Å². The van der Waals surface area contributed by atoms with Gasteiger partial charge in [0.15, 0.2) is 6.23 Å². The summed E-state index contributed by atoms with van der Waals surface area (Å²) >= 11 is 0. The predicted molar refractivity (Wildman–Crippen MR) is 77.6 cm³/mol. The number of aromatic nitrogens is 2. The molecule has 1 aromatic rings. The quantitative estimate of drug-likeness (QED) is 0.605. The average Bonchev–Trinajstić information content (AvgIpc) is 2.75. The molecule has 1 fully saturated rings. The van der Waals surface area contributed by atoms with Gasteiger partial charge in [-0.15, -0.1) is 6.58 Å². The second-order valence-electron chi connectivity index (χ2n) is 5.32. The molecule has 1 saturated heterocycles. The number of aliphatic hydroxyl groups is 2. The lowest BCUT2D eigenvalue weighted by molar-refractivity contribution is -0.0992. The van der Waals surface area contributed by atoms with Crippen molar-refractivity contribution in [1.82, 2.24) is 9.55 Å². The molecule has 0 bridgehead atoms. The van der Waals surface area contributed by atoms with Crippen LogP contribution < -0.4 is 11.2 Å². The van der Waals surface area contributed by atoms with E-state index in [0.29, 0.717) is 5.56 Å². The van der Waals surface area contributed by atoms with E-state index in [1.54, 1.807) is 6.92 Å². The molecule has 0 aromatic carbocycles. The monoisotopic (exact) mass is 312 g/mol. The van der Waals surface area contributed by atoms with Gasteiger partial charge in [-0.25, -0.2) is 4.79 Å². The Labute approximate surface area is 126 Å². The number of hydrogen-bond donors (Lipinski definition) is 3. The lowest BCUT2D eigenvalue weighted by Crippen LogP contribution is -2.50. The lowest BCUT2D eigenvalue weighted by Gasteiger charge is -2.31.